The number of amides is 1. The Morgan fingerprint density at radius 3 is 2.75 bits per heavy atom. The van der Waals surface area contributed by atoms with Gasteiger partial charge < -0.3 is 18.9 Å². The molecule has 2 aromatic rings. The molecule has 146 valence electrons. The van der Waals surface area contributed by atoms with Crippen LogP contribution in [0.25, 0.3) is 0 Å². The monoisotopic (exact) mass is 389 g/mol. The van der Waals surface area contributed by atoms with Crippen LogP contribution in [0, 0.1) is 0 Å². The number of nitrogens with one attached hydrogen (secondary N) is 1. The molecule has 3 rings (SSSR count). The Kier molecular flexibility index (Phi) is 5.53. The van der Waals surface area contributed by atoms with Gasteiger partial charge in [0.05, 0.1) is 12.2 Å². The van der Waals surface area contributed by atoms with Gasteiger partial charge in [0.15, 0.2) is 11.5 Å². The number of hydrogen-bond acceptors (Lipinski definition) is 9. The number of anilines is 1. The van der Waals surface area contributed by atoms with Crippen LogP contribution in [-0.2, 0) is 20.8 Å². The highest BCUT2D eigenvalue weighted by atomic mass is 16.7. The zero-order valence-electron chi connectivity index (χ0n) is 14.7. The highest BCUT2D eigenvalue weighted by Crippen LogP contribution is 2.32. The van der Waals surface area contributed by atoms with Crippen molar-refractivity contribution in [3.05, 3.63) is 46.5 Å². The van der Waals surface area contributed by atoms with Crippen molar-refractivity contribution >= 4 is 23.8 Å². The van der Waals surface area contributed by atoms with Crippen molar-refractivity contribution in [2.45, 2.75) is 13.5 Å². The van der Waals surface area contributed by atoms with Gasteiger partial charge in [-0.15, -0.1) is 0 Å². The lowest BCUT2D eigenvalue weighted by atomic mass is 10.2. The van der Waals surface area contributed by atoms with Crippen molar-refractivity contribution in [3.8, 4) is 11.5 Å². The number of carbonyl (C=O) groups is 3. The van der Waals surface area contributed by atoms with Gasteiger partial charge >= 0.3 is 23.7 Å². The molecule has 1 amide bonds. The fourth-order valence-corrected chi connectivity index (χ4v) is 2.26. The molecular formula is C17H15N3O8. The van der Waals surface area contributed by atoms with E-state index in [9.17, 15) is 19.2 Å². The van der Waals surface area contributed by atoms with E-state index in [0.29, 0.717) is 11.5 Å². The van der Waals surface area contributed by atoms with Crippen molar-refractivity contribution in [2.75, 3.05) is 18.7 Å². The predicted octanol–water partition coefficient (Wildman–Crippen LogP) is 0.924. The number of fused-ring (bicyclic) bond motifs is 1. The lowest BCUT2D eigenvalue weighted by Crippen LogP contribution is -2.28. The molecule has 0 unspecified atom stereocenters. The summed E-state index contributed by atoms with van der Waals surface area (Å²) in [5.41, 5.74) is -0.704. The maximum Gasteiger partial charge on any atom is 0.420 e. The Morgan fingerprint density at radius 1 is 1.21 bits per heavy atom. The number of hydrogen-bond donors (Lipinski definition) is 1. The summed E-state index contributed by atoms with van der Waals surface area (Å²) in [7, 11) is 0. The number of nitrogens with zero attached hydrogens (tertiary/aromatic N) is 2. The van der Waals surface area contributed by atoms with Crippen molar-refractivity contribution in [1.82, 2.24) is 9.55 Å². The van der Waals surface area contributed by atoms with Crippen LogP contribution < -0.4 is 20.5 Å². The van der Waals surface area contributed by atoms with Crippen molar-refractivity contribution in [3.63, 3.8) is 0 Å². The summed E-state index contributed by atoms with van der Waals surface area (Å²) >= 11 is 0. The third-order valence-electron chi connectivity index (χ3n) is 3.50. The molecule has 11 heteroatoms. The average molecular weight is 389 g/mol. The van der Waals surface area contributed by atoms with E-state index in [4.69, 9.17) is 14.2 Å². The van der Waals surface area contributed by atoms with E-state index >= 15 is 0 Å². The first-order valence-electron chi connectivity index (χ1n) is 8.12. The summed E-state index contributed by atoms with van der Waals surface area (Å²) < 4.78 is 20.7. The molecule has 2 heterocycles. The molecular weight excluding hydrogens is 374 g/mol. The second kappa shape index (κ2) is 8.20. The van der Waals surface area contributed by atoms with E-state index in [1.165, 1.54) is 30.5 Å². The number of carbonyl (C=O) groups excluding carboxylic acids is 3. The summed E-state index contributed by atoms with van der Waals surface area (Å²) in [6, 6.07) is 5.58. The molecule has 0 saturated carbocycles. The first kappa shape index (κ1) is 18.9. The number of ether oxygens (including phenoxy) is 4. The van der Waals surface area contributed by atoms with Gasteiger partial charge in [0.2, 0.25) is 6.79 Å². The first-order chi connectivity index (χ1) is 13.5. The summed E-state index contributed by atoms with van der Waals surface area (Å²) in [6.45, 7) is 1.56. The SMILES string of the molecule is CCOC(=O)Cn1ccc(NC(=O)OC(=O)c2ccc3c(c2)OCO3)nc1=O. The van der Waals surface area contributed by atoms with Crippen LogP contribution in [0.1, 0.15) is 17.3 Å². The van der Waals surface area contributed by atoms with Crippen LogP contribution in [-0.4, -0.2) is 41.0 Å². The second-order valence-corrected chi connectivity index (χ2v) is 5.40. The molecule has 1 aromatic carbocycles. The molecule has 0 fully saturated rings. The largest absolute Gasteiger partial charge is 0.465 e. The Balaban J connectivity index is 1.60. The first-order valence-corrected chi connectivity index (χ1v) is 8.12. The lowest BCUT2D eigenvalue weighted by Gasteiger charge is -2.07. The Bertz CT molecular complexity index is 985. The molecule has 1 aliphatic rings. The molecule has 0 spiro atoms. The average Bonchev–Trinajstić information content (AvgIpc) is 3.12. The van der Waals surface area contributed by atoms with Crippen molar-refractivity contribution in [1.29, 1.82) is 0 Å². The summed E-state index contributed by atoms with van der Waals surface area (Å²) in [4.78, 5) is 50.8. The van der Waals surface area contributed by atoms with Crippen LogP contribution in [0.3, 0.4) is 0 Å². The van der Waals surface area contributed by atoms with Gasteiger partial charge in [-0.25, -0.2) is 14.4 Å². The van der Waals surface area contributed by atoms with Crippen LogP contribution in [0.4, 0.5) is 10.6 Å². The van der Waals surface area contributed by atoms with Crippen molar-refractivity contribution in [2.24, 2.45) is 0 Å². The highest BCUT2D eigenvalue weighted by Gasteiger charge is 2.19. The Hall–Kier alpha value is -3.89. The van der Waals surface area contributed by atoms with Gasteiger partial charge in [0, 0.05) is 6.20 Å². The smallest absolute Gasteiger partial charge is 0.420 e. The van der Waals surface area contributed by atoms with E-state index in [1.807, 2.05) is 0 Å². The molecule has 0 aliphatic carbocycles. The third kappa shape index (κ3) is 4.44. The molecule has 1 N–H and O–H groups in total. The van der Waals surface area contributed by atoms with Gasteiger partial charge in [-0.05, 0) is 31.2 Å². The molecule has 0 radical (unpaired) electrons. The maximum atomic E-state index is 12.0. The number of esters is 2. The van der Waals surface area contributed by atoms with E-state index in [0.717, 1.165) is 4.57 Å². The fourth-order valence-electron chi connectivity index (χ4n) is 2.26. The molecule has 0 atom stereocenters. The lowest BCUT2D eigenvalue weighted by molar-refractivity contribution is -0.143. The van der Waals surface area contributed by atoms with Crippen LogP contribution >= 0.6 is 0 Å². The minimum Gasteiger partial charge on any atom is -0.465 e. The van der Waals surface area contributed by atoms with Crippen LogP contribution in [0.5, 0.6) is 11.5 Å². The quantitative estimate of drug-likeness (QED) is 0.585. The molecule has 11 nitrogen and oxygen atoms in total. The van der Waals surface area contributed by atoms with Gasteiger partial charge in [-0.1, -0.05) is 0 Å². The standard InChI is InChI=1S/C17H15N3O8/c1-2-25-14(21)8-20-6-5-13(18-16(20)23)19-17(24)28-15(22)10-3-4-11-12(7-10)27-9-26-11/h3-7H,2,8-9H2,1H3,(H,18,19,23,24). The number of benzene rings is 1. The molecule has 0 saturated heterocycles. The minimum absolute atomic E-state index is 0.0433. The third-order valence-corrected chi connectivity index (χ3v) is 3.50. The fraction of sp³-hybridized carbons (Fsp3) is 0.235. The highest BCUT2D eigenvalue weighted by molar-refractivity contribution is 6.00. The molecule has 1 aliphatic heterocycles. The zero-order valence-corrected chi connectivity index (χ0v) is 14.7. The Labute approximate surface area is 157 Å². The van der Waals surface area contributed by atoms with Gasteiger partial charge in [0.1, 0.15) is 12.4 Å². The van der Waals surface area contributed by atoms with Gasteiger partial charge in [-0.3, -0.25) is 14.7 Å². The summed E-state index contributed by atoms with van der Waals surface area (Å²) in [6.07, 6.45) is 0.124. The normalized spacial score (nSPS) is 11.6. The summed E-state index contributed by atoms with van der Waals surface area (Å²) in [5.74, 6) is -0.823. The number of aromatic nitrogens is 2. The predicted molar refractivity (Wildman–Crippen MR) is 92.1 cm³/mol. The molecule has 0 bridgehead atoms. The second-order valence-electron chi connectivity index (χ2n) is 5.40. The minimum atomic E-state index is -1.13. The topological polar surface area (TPSA) is 135 Å². The Morgan fingerprint density at radius 2 is 2.00 bits per heavy atom. The van der Waals surface area contributed by atoms with E-state index in [2.05, 4.69) is 15.0 Å². The van der Waals surface area contributed by atoms with Crippen LogP contribution in [0.15, 0.2) is 35.3 Å². The maximum absolute atomic E-state index is 12.0. The molecule has 28 heavy (non-hydrogen) atoms. The van der Waals surface area contributed by atoms with Crippen molar-refractivity contribution < 1.29 is 33.3 Å². The zero-order chi connectivity index (χ0) is 20.1. The van der Waals surface area contributed by atoms with E-state index in [-0.39, 0.29) is 31.3 Å². The van der Waals surface area contributed by atoms with E-state index in [1.54, 1.807) is 6.92 Å². The molecule has 1 aromatic heterocycles. The van der Waals surface area contributed by atoms with Gasteiger partial charge in [0.25, 0.3) is 0 Å². The number of rotatable bonds is 5. The summed E-state index contributed by atoms with van der Waals surface area (Å²) in [5, 5.41) is 2.16. The van der Waals surface area contributed by atoms with Crippen LogP contribution in [0.2, 0.25) is 0 Å². The van der Waals surface area contributed by atoms with E-state index < -0.39 is 23.7 Å². The van der Waals surface area contributed by atoms with Gasteiger partial charge in [-0.2, -0.15) is 4.98 Å².